The predicted octanol–water partition coefficient (Wildman–Crippen LogP) is 2.56. The number of rotatable bonds is 7. The van der Waals surface area contributed by atoms with Crippen molar-refractivity contribution in [3.05, 3.63) is 29.8 Å². The van der Waals surface area contributed by atoms with Crippen LogP contribution in [0.1, 0.15) is 31.2 Å². The topological polar surface area (TPSA) is 52.6 Å². The van der Waals surface area contributed by atoms with Crippen molar-refractivity contribution in [2.24, 2.45) is 0 Å². The lowest BCUT2D eigenvalue weighted by Crippen LogP contribution is -2.18. The third-order valence-corrected chi connectivity index (χ3v) is 3.46. The van der Waals surface area contributed by atoms with Crippen molar-refractivity contribution in [3.63, 3.8) is 0 Å². The summed E-state index contributed by atoms with van der Waals surface area (Å²) in [6, 6.07) is 8.45. The Morgan fingerprint density at radius 3 is 2.53 bits per heavy atom. The van der Waals surface area contributed by atoms with E-state index in [1.54, 1.807) is 0 Å². The summed E-state index contributed by atoms with van der Waals surface area (Å²) in [5, 5.41) is 11.8. The van der Waals surface area contributed by atoms with Crippen LogP contribution in [0.25, 0.3) is 0 Å². The van der Waals surface area contributed by atoms with Crippen LogP contribution in [0.5, 0.6) is 0 Å². The van der Waals surface area contributed by atoms with Crippen LogP contribution in [0.3, 0.4) is 0 Å². The van der Waals surface area contributed by atoms with E-state index < -0.39 is 5.97 Å². The molecular weight excluding hydrogens is 240 g/mol. The molecule has 2 rings (SSSR count). The Kier molecular flexibility index (Phi) is 5.21. The van der Waals surface area contributed by atoms with Crippen LogP contribution >= 0.6 is 0 Å². The molecule has 0 spiro atoms. The number of aliphatic carboxylic acids is 1. The number of carboxylic acid groups (broad SMARTS) is 1. The Balaban J connectivity index is 1.72. The van der Waals surface area contributed by atoms with Crippen LogP contribution in [0.2, 0.25) is 0 Å². The molecule has 1 aliphatic heterocycles. The minimum Gasteiger partial charge on any atom is -0.481 e. The summed E-state index contributed by atoms with van der Waals surface area (Å²) in [5.41, 5.74) is 2.41. The third kappa shape index (κ3) is 4.91. The molecule has 2 N–H and O–H groups in total. The monoisotopic (exact) mass is 262 g/mol. The van der Waals surface area contributed by atoms with E-state index in [0.29, 0.717) is 13.0 Å². The summed E-state index contributed by atoms with van der Waals surface area (Å²) in [6.45, 7) is 4.18. The number of carbonyl (C=O) groups is 1. The molecule has 1 aromatic carbocycles. The van der Waals surface area contributed by atoms with Crippen molar-refractivity contribution in [1.29, 1.82) is 0 Å². The van der Waals surface area contributed by atoms with Gasteiger partial charge in [0.15, 0.2) is 0 Å². The van der Waals surface area contributed by atoms with Crippen LogP contribution in [0.4, 0.5) is 5.69 Å². The fourth-order valence-electron chi connectivity index (χ4n) is 2.40. The highest BCUT2D eigenvalue weighted by Crippen LogP contribution is 2.15. The van der Waals surface area contributed by atoms with E-state index in [9.17, 15) is 4.79 Å². The average Bonchev–Trinajstić information content (AvgIpc) is 2.89. The van der Waals surface area contributed by atoms with Crippen molar-refractivity contribution >= 4 is 11.7 Å². The van der Waals surface area contributed by atoms with E-state index in [1.807, 2.05) is 0 Å². The molecule has 0 atom stereocenters. The minimum absolute atomic E-state index is 0.222. The fraction of sp³-hybridized carbons (Fsp3) is 0.533. The van der Waals surface area contributed by atoms with Crippen LogP contribution < -0.4 is 5.32 Å². The zero-order valence-electron chi connectivity index (χ0n) is 11.3. The third-order valence-electron chi connectivity index (χ3n) is 3.46. The van der Waals surface area contributed by atoms with Gasteiger partial charge in [0.25, 0.3) is 0 Å². The van der Waals surface area contributed by atoms with Gasteiger partial charge in [-0.2, -0.15) is 0 Å². The second kappa shape index (κ2) is 7.14. The lowest BCUT2D eigenvalue weighted by Gasteiger charge is -2.14. The Hall–Kier alpha value is -1.55. The maximum Gasteiger partial charge on any atom is 0.303 e. The molecule has 0 bridgehead atoms. The summed E-state index contributed by atoms with van der Waals surface area (Å²) in [7, 11) is 0. The summed E-state index contributed by atoms with van der Waals surface area (Å²) in [4.78, 5) is 12.9. The standard InChI is InChI=1S/C15H22N2O2/c18-15(19)4-3-9-16-14-7-5-13(6-8-14)12-17-10-1-2-11-17/h5-8,16H,1-4,9-12H2,(H,18,19). The molecule has 0 amide bonds. The molecule has 0 saturated carbocycles. The van der Waals surface area contributed by atoms with E-state index >= 15 is 0 Å². The van der Waals surface area contributed by atoms with Gasteiger partial charge in [-0.05, 0) is 50.0 Å². The number of hydrogen-bond acceptors (Lipinski definition) is 3. The van der Waals surface area contributed by atoms with Gasteiger partial charge >= 0.3 is 5.97 Å². The summed E-state index contributed by atoms with van der Waals surface area (Å²) in [5.74, 6) is -0.734. The summed E-state index contributed by atoms with van der Waals surface area (Å²) >= 11 is 0. The highest BCUT2D eigenvalue weighted by atomic mass is 16.4. The Morgan fingerprint density at radius 2 is 1.89 bits per heavy atom. The highest BCUT2D eigenvalue weighted by Gasteiger charge is 2.11. The number of hydrogen-bond donors (Lipinski definition) is 2. The molecule has 1 fully saturated rings. The van der Waals surface area contributed by atoms with Crippen LogP contribution in [-0.4, -0.2) is 35.6 Å². The average molecular weight is 262 g/mol. The van der Waals surface area contributed by atoms with Crippen molar-refractivity contribution in [2.45, 2.75) is 32.2 Å². The molecule has 19 heavy (non-hydrogen) atoms. The maximum atomic E-state index is 10.4. The SMILES string of the molecule is O=C(O)CCCNc1ccc(CN2CCCC2)cc1. The number of likely N-dealkylation sites (tertiary alicyclic amines) is 1. The molecule has 0 aliphatic carbocycles. The fourth-order valence-corrected chi connectivity index (χ4v) is 2.40. The molecule has 1 heterocycles. The van der Waals surface area contributed by atoms with Gasteiger partial charge in [0, 0.05) is 25.2 Å². The Labute approximate surface area is 114 Å². The van der Waals surface area contributed by atoms with Gasteiger partial charge in [-0.1, -0.05) is 12.1 Å². The van der Waals surface area contributed by atoms with Gasteiger partial charge in [0.05, 0.1) is 0 Å². The van der Waals surface area contributed by atoms with Crippen LogP contribution in [-0.2, 0) is 11.3 Å². The zero-order valence-corrected chi connectivity index (χ0v) is 11.3. The first-order valence-corrected chi connectivity index (χ1v) is 7.01. The van der Waals surface area contributed by atoms with E-state index in [-0.39, 0.29) is 6.42 Å². The number of benzene rings is 1. The molecule has 0 unspecified atom stereocenters. The first-order valence-electron chi connectivity index (χ1n) is 7.01. The summed E-state index contributed by atoms with van der Waals surface area (Å²) < 4.78 is 0. The lowest BCUT2D eigenvalue weighted by atomic mass is 10.2. The quantitative estimate of drug-likeness (QED) is 0.742. The van der Waals surface area contributed by atoms with Crippen molar-refractivity contribution in [3.8, 4) is 0 Å². The highest BCUT2D eigenvalue weighted by molar-refractivity contribution is 5.66. The predicted molar refractivity (Wildman–Crippen MR) is 76.3 cm³/mol. The maximum absolute atomic E-state index is 10.4. The molecule has 4 heteroatoms. The molecule has 0 aromatic heterocycles. The first-order chi connectivity index (χ1) is 9.24. The Morgan fingerprint density at radius 1 is 1.21 bits per heavy atom. The van der Waals surface area contributed by atoms with Gasteiger partial charge in [-0.25, -0.2) is 0 Å². The minimum atomic E-state index is -0.734. The van der Waals surface area contributed by atoms with Crippen LogP contribution in [0, 0.1) is 0 Å². The number of nitrogens with one attached hydrogen (secondary N) is 1. The molecule has 4 nitrogen and oxygen atoms in total. The van der Waals surface area contributed by atoms with E-state index in [1.165, 1.54) is 31.5 Å². The molecular formula is C15H22N2O2. The number of carboxylic acids is 1. The van der Waals surface area contributed by atoms with Crippen molar-refractivity contribution < 1.29 is 9.90 Å². The Bertz CT molecular complexity index is 397. The van der Waals surface area contributed by atoms with Crippen molar-refractivity contribution in [2.75, 3.05) is 25.0 Å². The first kappa shape index (κ1) is 13.9. The molecule has 1 aliphatic rings. The zero-order chi connectivity index (χ0) is 13.5. The number of nitrogens with zero attached hydrogens (tertiary/aromatic N) is 1. The summed E-state index contributed by atoms with van der Waals surface area (Å²) in [6.07, 6.45) is 3.53. The van der Waals surface area contributed by atoms with Gasteiger partial charge in [-0.15, -0.1) is 0 Å². The van der Waals surface area contributed by atoms with Gasteiger partial charge < -0.3 is 10.4 Å². The second-order valence-electron chi connectivity index (χ2n) is 5.10. The second-order valence-corrected chi connectivity index (χ2v) is 5.10. The van der Waals surface area contributed by atoms with Gasteiger partial charge in [0.2, 0.25) is 0 Å². The van der Waals surface area contributed by atoms with E-state index in [2.05, 4.69) is 34.5 Å². The van der Waals surface area contributed by atoms with Gasteiger partial charge in [0.1, 0.15) is 0 Å². The molecule has 1 aromatic rings. The largest absolute Gasteiger partial charge is 0.481 e. The lowest BCUT2D eigenvalue weighted by molar-refractivity contribution is -0.137. The van der Waals surface area contributed by atoms with Gasteiger partial charge in [-0.3, -0.25) is 9.69 Å². The normalized spacial score (nSPS) is 15.6. The molecule has 1 saturated heterocycles. The molecule has 0 radical (unpaired) electrons. The van der Waals surface area contributed by atoms with Crippen molar-refractivity contribution in [1.82, 2.24) is 4.90 Å². The van der Waals surface area contributed by atoms with E-state index in [4.69, 9.17) is 5.11 Å². The van der Waals surface area contributed by atoms with Crippen LogP contribution in [0.15, 0.2) is 24.3 Å². The molecule has 104 valence electrons. The number of anilines is 1. The van der Waals surface area contributed by atoms with E-state index in [0.717, 1.165) is 12.2 Å². The smallest absolute Gasteiger partial charge is 0.303 e.